The van der Waals surface area contributed by atoms with E-state index in [0.717, 1.165) is 27.0 Å². The first-order chi connectivity index (χ1) is 11.1. The highest BCUT2D eigenvalue weighted by molar-refractivity contribution is 9.10. The molecule has 0 fully saturated rings. The Hall–Kier alpha value is -1.79. The second-order valence-corrected chi connectivity index (χ2v) is 7.40. The van der Waals surface area contributed by atoms with E-state index in [0.29, 0.717) is 5.75 Å². The predicted molar refractivity (Wildman–Crippen MR) is 99.7 cm³/mol. The van der Waals surface area contributed by atoms with E-state index in [1.807, 2.05) is 48.5 Å². The van der Waals surface area contributed by atoms with Crippen LogP contribution in [0.1, 0.15) is 18.0 Å². The van der Waals surface area contributed by atoms with Crippen LogP contribution in [0.25, 0.3) is 11.0 Å². The Morgan fingerprint density at radius 2 is 2.13 bits per heavy atom. The van der Waals surface area contributed by atoms with Crippen LogP contribution in [0.5, 0.6) is 0 Å². The zero-order valence-electron chi connectivity index (χ0n) is 12.5. The van der Waals surface area contributed by atoms with Gasteiger partial charge < -0.3 is 10.3 Å². The average Bonchev–Trinajstić information content (AvgIpc) is 2.97. The summed E-state index contributed by atoms with van der Waals surface area (Å²) in [5.74, 6) is 1.26. The average molecular weight is 390 g/mol. The lowest BCUT2D eigenvalue weighted by Crippen LogP contribution is -2.14. The van der Waals surface area contributed by atoms with Crippen molar-refractivity contribution >= 4 is 50.3 Å². The molecular weight excluding hydrogens is 374 g/mol. The number of H-pyrrole nitrogens is 1. The summed E-state index contributed by atoms with van der Waals surface area (Å²) in [5, 5.41) is 3.02. The lowest BCUT2D eigenvalue weighted by molar-refractivity contribution is -0.113. The number of aromatic nitrogens is 2. The van der Waals surface area contributed by atoms with Crippen molar-refractivity contribution in [3.8, 4) is 0 Å². The van der Waals surface area contributed by atoms with Crippen LogP contribution in [-0.4, -0.2) is 21.6 Å². The lowest BCUT2D eigenvalue weighted by atomic mass is 10.3. The Balaban J connectivity index is 1.57. The van der Waals surface area contributed by atoms with Gasteiger partial charge in [0.05, 0.1) is 22.0 Å². The number of aromatic amines is 1. The third kappa shape index (κ3) is 4.14. The number of anilines is 1. The molecule has 2 aromatic carbocycles. The van der Waals surface area contributed by atoms with Crippen molar-refractivity contribution < 1.29 is 4.79 Å². The largest absolute Gasteiger partial charge is 0.341 e. The molecule has 1 unspecified atom stereocenters. The highest BCUT2D eigenvalue weighted by atomic mass is 79.9. The number of nitrogens with zero attached hydrogens (tertiary/aromatic N) is 1. The summed E-state index contributed by atoms with van der Waals surface area (Å²) in [6, 6.07) is 15.5. The van der Waals surface area contributed by atoms with E-state index in [1.165, 1.54) is 0 Å². The van der Waals surface area contributed by atoms with E-state index < -0.39 is 0 Å². The number of benzene rings is 2. The molecule has 1 aromatic heterocycles. The van der Waals surface area contributed by atoms with Gasteiger partial charge in [0.2, 0.25) is 5.91 Å². The summed E-state index contributed by atoms with van der Waals surface area (Å²) in [5.41, 5.74) is 2.77. The molecular formula is C17H16BrN3OS. The summed E-state index contributed by atoms with van der Waals surface area (Å²) in [7, 11) is 0. The number of fused-ring (bicyclic) bond motifs is 1. The Kier molecular flexibility index (Phi) is 5.03. The zero-order valence-corrected chi connectivity index (χ0v) is 14.9. The molecule has 0 radical (unpaired) electrons. The quantitative estimate of drug-likeness (QED) is 0.661. The van der Waals surface area contributed by atoms with Crippen LogP contribution in [0, 0.1) is 0 Å². The molecule has 0 saturated carbocycles. The van der Waals surface area contributed by atoms with Crippen LogP contribution in [0.3, 0.4) is 0 Å². The highest BCUT2D eigenvalue weighted by Crippen LogP contribution is 2.27. The van der Waals surface area contributed by atoms with Crippen molar-refractivity contribution in [3.63, 3.8) is 0 Å². The Morgan fingerprint density at radius 3 is 2.91 bits per heavy atom. The molecule has 0 aliphatic carbocycles. The summed E-state index contributed by atoms with van der Waals surface area (Å²) in [6.07, 6.45) is 0. The van der Waals surface area contributed by atoms with Gasteiger partial charge in [0.15, 0.2) is 0 Å². The molecule has 3 rings (SSSR count). The number of amides is 1. The van der Waals surface area contributed by atoms with Gasteiger partial charge in [-0.15, -0.1) is 11.8 Å². The molecule has 1 heterocycles. The fourth-order valence-electron chi connectivity index (χ4n) is 2.21. The topological polar surface area (TPSA) is 57.8 Å². The molecule has 6 heteroatoms. The third-order valence-electron chi connectivity index (χ3n) is 3.37. The minimum atomic E-state index is -0.0175. The van der Waals surface area contributed by atoms with Crippen LogP contribution in [0.2, 0.25) is 0 Å². The maximum Gasteiger partial charge on any atom is 0.234 e. The number of carbonyl (C=O) groups is 1. The van der Waals surface area contributed by atoms with E-state index in [2.05, 4.69) is 38.1 Å². The van der Waals surface area contributed by atoms with Crippen molar-refractivity contribution in [2.45, 2.75) is 12.2 Å². The molecule has 1 amide bonds. The smallest absolute Gasteiger partial charge is 0.234 e. The minimum absolute atomic E-state index is 0.0175. The van der Waals surface area contributed by atoms with Crippen LogP contribution in [0.15, 0.2) is 53.0 Å². The van der Waals surface area contributed by atoms with Gasteiger partial charge >= 0.3 is 0 Å². The van der Waals surface area contributed by atoms with Crippen molar-refractivity contribution in [1.29, 1.82) is 0 Å². The van der Waals surface area contributed by atoms with Crippen LogP contribution in [0.4, 0.5) is 5.69 Å². The summed E-state index contributed by atoms with van der Waals surface area (Å²) >= 11 is 4.95. The van der Waals surface area contributed by atoms with Crippen molar-refractivity contribution in [2.24, 2.45) is 0 Å². The fraction of sp³-hybridized carbons (Fsp3) is 0.176. The predicted octanol–water partition coefficient (Wildman–Crippen LogP) is 4.76. The summed E-state index contributed by atoms with van der Waals surface area (Å²) in [6.45, 7) is 2.05. The van der Waals surface area contributed by atoms with E-state index in [-0.39, 0.29) is 11.2 Å². The van der Waals surface area contributed by atoms with Crippen molar-refractivity contribution in [2.75, 3.05) is 11.1 Å². The van der Waals surface area contributed by atoms with Crippen LogP contribution >= 0.6 is 27.7 Å². The number of carbonyl (C=O) groups excluding carboxylic acids is 1. The van der Waals surface area contributed by atoms with E-state index in [4.69, 9.17) is 0 Å². The minimum Gasteiger partial charge on any atom is -0.341 e. The summed E-state index contributed by atoms with van der Waals surface area (Å²) < 4.78 is 0.943. The van der Waals surface area contributed by atoms with E-state index in [9.17, 15) is 4.79 Å². The zero-order chi connectivity index (χ0) is 16.2. The second kappa shape index (κ2) is 7.19. The molecule has 0 spiro atoms. The Bertz CT molecular complexity index is 800. The van der Waals surface area contributed by atoms with Crippen LogP contribution in [-0.2, 0) is 4.79 Å². The highest BCUT2D eigenvalue weighted by Gasteiger charge is 2.13. The number of hydrogen-bond acceptors (Lipinski definition) is 3. The number of nitrogens with one attached hydrogen (secondary N) is 2. The maximum atomic E-state index is 12.1. The standard InChI is InChI=1S/C17H16BrN3OS/c1-11(17-20-14-7-2-3-8-15(14)21-17)23-10-16(22)19-13-6-4-5-12(18)9-13/h2-9,11H,10H2,1H3,(H,19,22)(H,20,21). The number of hydrogen-bond donors (Lipinski definition) is 2. The SMILES string of the molecule is CC(SCC(=O)Nc1cccc(Br)c1)c1nc2ccccc2[nH]1. The Labute approximate surface area is 147 Å². The first-order valence-corrected chi connectivity index (χ1v) is 9.07. The molecule has 1 atom stereocenters. The molecule has 3 aromatic rings. The lowest BCUT2D eigenvalue weighted by Gasteiger charge is -2.09. The van der Waals surface area contributed by atoms with Gasteiger partial charge in [0.1, 0.15) is 5.82 Å². The van der Waals surface area contributed by atoms with Gasteiger partial charge in [-0.05, 0) is 37.3 Å². The first kappa shape index (κ1) is 16.1. The number of halogens is 1. The molecule has 4 nitrogen and oxygen atoms in total. The van der Waals surface area contributed by atoms with Gasteiger partial charge in [0.25, 0.3) is 0 Å². The molecule has 0 aliphatic heterocycles. The van der Waals surface area contributed by atoms with E-state index >= 15 is 0 Å². The van der Waals surface area contributed by atoms with Gasteiger partial charge in [-0.2, -0.15) is 0 Å². The molecule has 118 valence electrons. The Morgan fingerprint density at radius 1 is 1.30 bits per heavy atom. The van der Waals surface area contributed by atoms with Gasteiger partial charge in [-0.25, -0.2) is 4.98 Å². The van der Waals surface area contributed by atoms with Crippen molar-refractivity contribution in [3.05, 3.63) is 58.8 Å². The number of imidazole rings is 1. The normalized spacial score (nSPS) is 12.3. The number of rotatable bonds is 5. The molecule has 23 heavy (non-hydrogen) atoms. The maximum absolute atomic E-state index is 12.1. The summed E-state index contributed by atoms with van der Waals surface area (Å²) in [4.78, 5) is 19.9. The van der Waals surface area contributed by atoms with Gasteiger partial charge in [-0.3, -0.25) is 4.79 Å². The second-order valence-electron chi connectivity index (χ2n) is 5.15. The number of thioether (sulfide) groups is 1. The molecule has 2 N–H and O–H groups in total. The molecule has 0 saturated heterocycles. The van der Waals surface area contributed by atoms with Gasteiger partial charge in [0, 0.05) is 10.2 Å². The van der Waals surface area contributed by atoms with Crippen LogP contribution < -0.4 is 5.32 Å². The third-order valence-corrected chi connectivity index (χ3v) is 5.01. The molecule has 0 aliphatic rings. The van der Waals surface area contributed by atoms with Crippen molar-refractivity contribution in [1.82, 2.24) is 9.97 Å². The van der Waals surface area contributed by atoms with E-state index in [1.54, 1.807) is 11.8 Å². The first-order valence-electron chi connectivity index (χ1n) is 7.23. The molecule has 0 bridgehead atoms. The van der Waals surface area contributed by atoms with Gasteiger partial charge in [-0.1, -0.05) is 34.1 Å². The fourth-order valence-corrected chi connectivity index (χ4v) is 3.35. The monoisotopic (exact) mass is 389 g/mol. The number of para-hydroxylation sites is 2.